The zero-order valence-corrected chi connectivity index (χ0v) is 16.9. The zero-order valence-electron chi connectivity index (χ0n) is 16.9. The van der Waals surface area contributed by atoms with Gasteiger partial charge in [-0.05, 0) is 60.4 Å². The minimum atomic E-state index is -1.09. The first kappa shape index (κ1) is 19.5. The van der Waals surface area contributed by atoms with Gasteiger partial charge in [0.1, 0.15) is 11.4 Å². The van der Waals surface area contributed by atoms with Crippen LogP contribution >= 0.6 is 0 Å². The van der Waals surface area contributed by atoms with Gasteiger partial charge in [0.05, 0.1) is 7.11 Å². The van der Waals surface area contributed by atoms with Gasteiger partial charge in [-0.25, -0.2) is 0 Å². The molecular formula is C23H32O2. The second-order valence-electron chi connectivity index (χ2n) is 7.74. The van der Waals surface area contributed by atoms with Gasteiger partial charge >= 0.3 is 0 Å². The number of aliphatic hydroxyl groups is 1. The third-order valence-corrected chi connectivity index (χ3v) is 5.42. The molecule has 1 unspecified atom stereocenters. The Bertz CT molecular complexity index is 742. The molecule has 0 heterocycles. The summed E-state index contributed by atoms with van der Waals surface area (Å²) in [6, 6.07) is 10.5. The van der Waals surface area contributed by atoms with Crippen LogP contribution in [0.2, 0.25) is 0 Å². The topological polar surface area (TPSA) is 29.5 Å². The average Bonchev–Trinajstić information content (AvgIpc) is 2.57. The summed E-state index contributed by atoms with van der Waals surface area (Å²) in [5.41, 5.74) is 5.30. The van der Waals surface area contributed by atoms with Crippen molar-refractivity contribution in [1.82, 2.24) is 0 Å². The molecule has 2 rings (SSSR count). The Morgan fingerprint density at radius 3 is 1.92 bits per heavy atom. The van der Waals surface area contributed by atoms with Gasteiger partial charge < -0.3 is 9.84 Å². The van der Waals surface area contributed by atoms with E-state index in [1.807, 2.05) is 0 Å². The van der Waals surface area contributed by atoms with E-state index in [9.17, 15) is 5.11 Å². The van der Waals surface area contributed by atoms with Crippen LogP contribution in [0.5, 0.6) is 5.75 Å². The summed E-state index contributed by atoms with van der Waals surface area (Å²) >= 11 is 0. The predicted molar refractivity (Wildman–Crippen MR) is 106 cm³/mol. The van der Waals surface area contributed by atoms with Crippen molar-refractivity contribution in [3.63, 3.8) is 0 Å². The Morgan fingerprint density at radius 2 is 1.48 bits per heavy atom. The molecule has 0 bridgehead atoms. The molecule has 0 amide bonds. The average molecular weight is 341 g/mol. The van der Waals surface area contributed by atoms with E-state index >= 15 is 0 Å². The molecule has 0 saturated carbocycles. The molecule has 0 aliphatic heterocycles. The lowest BCUT2D eigenvalue weighted by molar-refractivity contribution is 0.0287. The number of methoxy groups -OCH3 is 1. The van der Waals surface area contributed by atoms with E-state index < -0.39 is 5.60 Å². The molecule has 1 atom stereocenters. The van der Waals surface area contributed by atoms with Crippen LogP contribution in [-0.2, 0) is 5.60 Å². The second kappa shape index (κ2) is 7.21. The fraction of sp³-hybridized carbons (Fsp3) is 0.478. The Balaban J connectivity index is 2.75. The van der Waals surface area contributed by atoms with E-state index in [0.29, 0.717) is 5.92 Å². The summed E-state index contributed by atoms with van der Waals surface area (Å²) in [6.07, 6.45) is 0. The number of benzene rings is 2. The van der Waals surface area contributed by atoms with E-state index in [-0.39, 0.29) is 5.92 Å². The summed E-state index contributed by atoms with van der Waals surface area (Å²) in [4.78, 5) is 0. The Labute approximate surface area is 152 Å². The lowest BCUT2D eigenvalue weighted by Gasteiger charge is -2.36. The van der Waals surface area contributed by atoms with E-state index in [0.717, 1.165) is 28.0 Å². The van der Waals surface area contributed by atoms with E-state index in [4.69, 9.17) is 4.74 Å². The third kappa shape index (κ3) is 3.32. The molecule has 0 spiro atoms. The first-order valence-electron chi connectivity index (χ1n) is 9.12. The van der Waals surface area contributed by atoms with Gasteiger partial charge in [0.25, 0.3) is 0 Å². The molecule has 2 aromatic carbocycles. The first-order valence-corrected chi connectivity index (χ1v) is 9.12. The van der Waals surface area contributed by atoms with E-state index in [1.165, 1.54) is 11.1 Å². The minimum absolute atomic E-state index is 0.00658. The van der Waals surface area contributed by atoms with Crippen molar-refractivity contribution < 1.29 is 9.84 Å². The lowest BCUT2D eigenvalue weighted by atomic mass is 9.74. The molecule has 0 aliphatic rings. The summed E-state index contributed by atoms with van der Waals surface area (Å²) in [7, 11) is 1.69. The largest absolute Gasteiger partial charge is 0.496 e. The Morgan fingerprint density at radius 1 is 0.920 bits per heavy atom. The fourth-order valence-electron chi connectivity index (χ4n) is 3.67. The smallest absolute Gasteiger partial charge is 0.128 e. The number of hydrogen-bond donors (Lipinski definition) is 1. The molecule has 0 fully saturated rings. The maximum atomic E-state index is 11.9. The molecule has 2 aromatic rings. The Kier molecular flexibility index (Phi) is 5.63. The highest BCUT2D eigenvalue weighted by Crippen LogP contribution is 2.45. The van der Waals surface area contributed by atoms with Crippen molar-refractivity contribution in [2.24, 2.45) is 5.92 Å². The molecule has 0 radical (unpaired) electrons. The molecule has 2 nitrogen and oxygen atoms in total. The zero-order chi connectivity index (χ0) is 18.9. The van der Waals surface area contributed by atoms with Crippen molar-refractivity contribution >= 4 is 0 Å². The highest BCUT2D eigenvalue weighted by atomic mass is 16.5. The van der Waals surface area contributed by atoms with Crippen LogP contribution in [0.4, 0.5) is 0 Å². The molecule has 0 saturated heterocycles. The number of aryl methyl sites for hydroxylation is 2. The molecule has 25 heavy (non-hydrogen) atoms. The van der Waals surface area contributed by atoms with Gasteiger partial charge in [-0.3, -0.25) is 0 Å². The van der Waals surface area contributed by atoms with Crippen LogP contribution in [0.3, 0.4) is 0 Å². The maximum absolute atomic E-state index is 11.9. The maximum Gasteiger partial charge on any atom is 0.128 e. The van der Waals surface area contributed by atoms with E-state index in [1.54, 1.807) is 7.11 Å². The van der Waals surface area contributed by atoms with Crippen LogP contribution in [-0.4, -0.2) is 12.2 Å². The summed E-state index contributed by atoms with van der Waals surface area (Å²) < 4.78 is 5.76. The van der Waals surface area contributed by atoms with Crippen LogP contribution in [0, 0.1) is 26.7 Å². The van der Waals surface area contributed by atoms with Crippen molar-refractivity contribution in [2.75, 3.05) is 7.11 Å². The molecular weight excluding hydrogens is 308 g/mol. The fourth-order valence-corrected chi connectivity index (χ4v) is 3.67. The molecule has 1 N–H and O–H groups in total. The summed E-state index contributed by atoms with van der Waals surface area (Å²) in [5, 5.41) is 11.9. The van der Waals surface area contributed by atoms with Gasteiger partial charge in [0.2, 0.25) is 0 Å². The molecule has 136 valence electrons. The highest BCUT2D eigenvalue weighted by Gasteiger charge is 2.39. The van der Waals surface area contributed by atoms with Gasteiger partial charge in [-0.15, -0.1) is 0 Å². The first-order chi connectivity index (χ1) is 11.6. The summed E-state index contributed by atoms with van der Waals surface area (Å²) in [5.74, 6) is 1.27. The second-order valence-corrected chi connectivity index (χ2v) is 7.74. The Hall–Kier alpha value is -1.80. The standard InChI is InChI=1S/C23H32O2/c1-14(2)19-9-11-20(12-10-19)23(24,15(3)4)21-17(6)13-16(5)18(7)22(21)25-8/h9-15,24H,1-8H3. The molecule has 0 aromatic heterocycles. The SMILES string of the molecule is COc1c(C)c(C)cc(C)c1C(O)(c1ccc(C(C)C)cc1)C(C)C. The van der Waals surface area contributed by atoms with Crippen LogP contribution in [0.1, 0.15) is 67.0 Å². The molecule has 2 heteroatoms. The minimum Gasteiger partial charge on any atom is -0.496 e. The van der Waals surface area contributed by atoms with E-state index in [2.05, 4.69) is 78.8 Å². The molecule has 0 aliphatic carbocycles. The number of rotatable bonds is 5. The van der Waals surface area contributed by atoms with Gasteiger partial charge in [0, 0.05) is 5.56 Å². The van der Waals surface area contributed by atoms with Gasteiger partial charge in [-0.1, -0.05) is 58.0 Å². The van der Waals surface area contributed by atoms with Crippen LogP contribution < -0.4 is 4.74 Å². The van der Waals surface area contributed by atoms with Crippen LogP contribution in [0.25, 0.3) is 0 Å². The van der Waals surface area contributed by atoms with Crippen molar-refractivity contribution in [3.8, 4) is 5.75 Å². The van der Waals surface area contributed by atoms with Crippen molar-refractivity contribution in [3.05, 3.63) is 63.7 Å². The highest BCUT2D eigenvalue weighted by molar-refractivity contribution is 5.56. The van der Waals surface area contributed by atoms with Crippen molar-refractivity contribution in [1.29, 1.82) is 0 Å². The monoisotopic (exact) mass is 340 g/mol. The lowest BCUT2D eigenvalue weighted by Crippen LogP contribution is -2.35. The third-order valence-electron chi connectivity index (χ3n) is 5.42. The predicted octanol–water partition coefficient (Wildman–Crippen LogP) is 5.64. The van der Waals surface area contributed by atoms with Gasteiger partial charge in [0.15, 0.2) is 0 Å². The quantitative estimate of drug-likeness (QED) is 0.763. The normalized spacial score (nSPS) is 14.0. The van der Waals surface area contributed by atoms with Gasteiger partial charge in [-0.2, -0.15) is 0 Å². The van der Waals surface area contributed by atoms with Crippen molar-refractivity contribution in [2.45, 2.75) is 60.0 Å². The number of ether oxygens (including phenoxy) is 1. The van der Waals surface area contributed by atoms with Crippen LogP contribution in [0.15, 0.2) is 30.3 Å². The number of hydrogen-bond acceptors (Lipinski definition) is 2. The summed E-state index contributed by atoms with van der Waals surface area (Å²) in [6.45, 7) is 14.7.